The molecule has 0 saturated carbocycles. The number of amides is 1. The van der Waals surface area contributed by atoms with Crippen molar-refractivity contribution in [1.82, 2.24) is 5.32 Å². The van der Waals surface area contributed by atoms with Gasteiger partial charge in [0.05, 0.1) is 18.8 Å². The average molecular weight is 692 g/mol. The Kier molecular flexibility index (Phi) is 38.7. The molecule has 0 radical (unpaired) electrons. The summed E-state index contributed by atoms with van der Waals surface area (Å²) in [4.78, 5) is 12.4. The van der Waals surface area contributed by atoms with Crippen molar-refractivity contribution in [1.29, 1.82) is 0 Å². The topological polar surface area (TPSA) is 89.8 Å². The van der Waals surface area contributed by atoms with Crippen LogP contribution in [-0.4, -0.2) is 46.1 Å². The van der Waals surface area contributed by atoms with Gasteiger partial charge >= 0.3 is 0 Å². The van der Waals surface area contributed by atoms with Crippen LogP contribution in [0.2, 0.25) is 0 Å². The summed E-state index contributed by atoms with van der Waals surface area (Å²) >= 11 is 0. The van der Waals surface area contributed by atoms with Crippen LogP contribution in [0, 0.1) is 0 Å². The van der Waals surface area contributed by atoms with Gasteiger partial charge in [0, 0.05) is 0 Å². The molecule has 0 aromatic heterocycles. The summed E-state index contributed by atoms with van der Waals surface area (Å²) in [6, 6.07) is -0.799. The summed E-state index contributed by atoms with van der Waals surface area (Å²) in [7, 11) is 0. The highest BCUT2D eigenvalue weighted by molar-refractivity contribution is 5.80. The molecule has 5 heteroatoms. The van der Waals surface area contributed by atoms with Crippen molar-refractivity contribution in [2.45, 2.75) is 244 Å². The van der Waals surface area contributed by atoms with E-state index in [-0.39, 0.29) is 6.61 Å². The van der Waals surface area contributed by atoms with Gasteiger partial charge in [0.2, 0.25) is 5.91 Å². The van der Waals surface area contributed by atoms with Gasteiger partial charge < -0.3 is 20.6 Å². The normalized spacial score (nSPS) is 13.8. The second-order valence-corrected chi connectivity index (χ2v) is 14.9. The number of allylic oxidation sites excluding steroid dienone is 3. The summed E-state index contributed by atoms with van der Waals surface area (Å²) in [5.74, 6) is -0.514. The van der Waals surface area contributed by atoms with Gasteiger partial charge in [-0.25, -0.2) is 0 Å². The van der Waals surface area contributed by atoms with Crippen LogP contribution < -0.4 is 5.32 Å². The summed E-state index contributed by atoms with van der Waals surface area (Å²) < 4.78 is 0. The number of carbonyl (C=O) groups excluding carboxylic acids is 1. The van der Waals surface area contributed by atoms with Crippen LogP contribution in [0.15, 0.2) is 24.3 Å². The fourth-order valence-corrected chi connectivity index (χ4v) is 6.58. The fraction of sp³-hybridized carbons (Fsp3) is 0.886. The van der Waals surface area contributed by atoms with Crippen molar-refractivity contribution in [2.75, 3.05) is 6.61 Å². The van der Waals surface area contributed by atoms with Crippen LogP contribution in [0.3, 0.4) is 0 Å². The molecule has 290 valence electrons. The number of hydrogen-bond acceptors (Lipinski definition) is 4. The number of hydrogen-bond donors (Lipinski definition) is 4. The first-order valence-electron chi connectivity index (χ1n) is 21.7. The lowest BCUT2D eigenvalue weighted by atomic mass is 10.0. The molecule has 0 rings (SSSR count). The zero-order chi connectivity index (χ0) is 35.9. The highest BCUT2D eigenvalue weighted by atomic mass is 16.3. The average Bonchev–Trinajstić information content (AvgIpc) is 3.11. The zero-order valence-electron chi connectivity index (χ0n) is 32.8. The van der Waals surface area contributed by atoms with Gasteiger partial charge in [-0.15, -0.1) is 0 Å². The Hall–Kier alpha value is -1.17. The maximum atomic E-state index is 12.4. The lowest BCUT2D eigenvalue weighted by Gasteiger charge is -2.21. The van der Waals surface area contributed by atoms with Gasteiger partial charge in [0.15, 0.2) is 0 Å². The fourth-order valence-electron chi connectivity index (χ4n) is 6.58. The Morgan fingerprint density at radius 3 is 1.24 bits per heavy atom. The van der Waals surface area contributed by atoms with E-state index in [9.17, 15) is 20.1 Å². The SMILES string of the molecule is CCCC/C=C\CCCCCCC(O)C(=O)NC(CO)C(O)/C=C/CCCCCCCCCCCCCCCCCCCCCCCCC. The maximum absolute atomic E-state index is 12.4. The lowest BCUT2D eigenvalue weighted by molar-refractivity contribution is -0.131. The Balaban J connectivity index is 3.59. The first kappa shape index (κ1) is 47.8. The summed E-state index contributed by atoms with van der Waals surface area (Å²) in [5.41, 5.74) is 0. The van der Waals surface area contributed by atoms with Crippen LogP contribution in [0.1, 0.15) is 226 Å². The molecule has 0 aromatic carbocycles. The van der Waals surface area contributed by atoms with E-state index in [4.69, 9.17) is 0 Å². The minimum atomic E-state index is -1.10. The molecule has 0 heterocycles. The molecule has 0 aliphatic rings. The molecular formula is C44H85NO4. The molecule has 0 aliphatic heterocycles. The number of aliphatic hydroxyl groups is 3. The summed E-state index contributed by atoms with van der Waals surface area (Å²) in [5, 5.41) is 33.0. The molecule has 0 bridgehead atoms. The molecule has 0 fully saturated rings. The summed E-state index contributed by atoms with van der Waals surface area (Å²) in [6.07, 6.45) is 48.0. The number of unbranched alkanes of at least 4 members (excludes halogenated alkanes) is 29. The van der Waals surface area contributed by atoms with Crippen molar-refractivity contribution in [3.8, 4) is 0 Å². The van der Waals surface area contributed by atoms with Gasteiger partial charge in [-0.2, -0.15) is 0 Å². The molecule has 0 saturated heterocycles. The first-order chi connectivity index (χ1) is 24.1. The smallest absolute Gasteiger partial charge is 0.249 e. The highest BCUT2D eigenvalue weighted by Crippen LogP contribution is 2.16. The molecule has 49 heavy (non-hydrogen) atoms. The second kappa shape index (κ2) is 39.6. The number of carbonyl (C=O) groups is 1. The second-order valence-electron chi connectivity index (χ2n) is 14.9. The standard InChI is InChI=1S/C44H85NO4/c1-3-5-7-9-11-13-15-16-17-18-19-20-21-22-23-24-25-26-27-28-29-31-32-34-36-38-42(47)41(40-46)45-44(49)43(48)39-37-35-33-30-14-12-10-8-6-4-2/h10,12,36,38,41-43,46-48H,3-9,11,13-35,37,39-40H2,1-2H3,(H,45,49)/b12-10-,38-36+. The van der Waals surface area contributed by atoms with Gasteiger partial charge in [-0.1, -0.05) is 212 Å². The van der Waals surface area contributed by atoms with E-state index in [0.29, 0.717) is 6.42 Å². The van der Waals surface area contributed by atoms with E-state index in [1.807, 2.05) is 6.08 Å². The number of rotatable bonds is 39. The molecule has 3 unspecified atom stereocenters. The number of aliphatic hydroxyl groups excluding tert-OH is 3. The van der Waals surface area contributed by atoms with Gasteiger partial charge in [-0.05, 0) is 38.5 Å². The van der Waals surface area contributed by atoms with Crippen molar-refractivity contribution in [3.05, 3.63) is 24.3 Å². The maximum Gasteiger partial charge on any atom is 0.249 e. The predicted octanol–water partition coefficient (Wildman–Crippen LogP) is 12.2. The third kappa shape index (κ3) is 35.0. The van der Waals surface area contributed by atoms with Crippen molar-refractivity contribution < 1.29 is 20.1 Å². The van der Waals surface area contributed by atoms with Crippen molar-refractivity contribution in [2.24, 2.45) is 0 Å². The Bertz CT molecular complexity index is 724. The molecule has 0 aliphatic carbocycles. The Morgan fingerprint density at radius 1 is 0.490 bits per heavy atom. The minimum absolute atomic E-state index is 0.366. The van der Waals surface area contributed by atoms with Crippen LogP contribution in [-0.2, 0) is 4.79 Å². The van der Waals surface area contributed by atoms with Gasteiger partial charge in [-0.3, -0.25) is 4.79 Å². The van der Waals surface area contributed by atoms with E-state index >= 15 is 0 Å². The quantitative estimate of drug-likeness (QED) is 0.0381. The largest absolute Gasteiger partial charge is 0.394 e. The third-order valence-corrected chi connectivity index (χ3v) is 10.0. The van der Waals surface area contributed by atoms with E-state index in [1.165, 1.54) is 154 Å². The minimum Gasteiger partial charge on any atom is -0.394 e. The summed E-state index contributed by atoms with van der Waals surface area (Å²) in [6.45, 7) is 4.13. The van der Waals surface area contributed by atoms with Gasteiger partial charge in [0.25, 0.3) is 0 Å². The van der Waals surface area contributed by atoms with Gasteiger partial charge in [0.1, 0.15) is 6.10 Å². The van der Waals surface area contributed by atoms with Crippen LogP contribution in [0.25, 0.3) is 0 Å². The van der Waals surface area contributed by atoms with E-state index in [0.717, 1.165) is 51.4 Å². The Labute approximate surface area is 305 Å². The number of nitrogens with one attached hydrogen (secondary N) is 1. The predicted molar refractivity (Wildman–Crippen MR) is 213 cm³/mol. The molecule has 5 nitrogen and oxygen atoms in total. The molecule has 1 amide bonds. The van der Waals surface area contributed by atoms with E-state index in [1.54, 1.807) is 6.08 Å². The molecule has 0 spiro atoms. The Morgan fingerprint density at radius 2 is 0.837 bits per heavy atom. The van der Waals surface area contributed by atoms with Crippen molar-refractivity contribution >= 4 is 5.91 Å². The molecule has 3 atom stereocenters. The van der Waals surface area contributed by atoms with Crippen LogP contribution >= 0.6 is 0 Å². The van der Waals surface area contributed by atoms with Crippen LogP contribution in [0.4, 0.5) is 0 Å². The lowest BCUT2D eigenvalue weighted by Crippen LogP contribution is -2.48. The van der Waals surface area contributed by atoms with E-state index < -0.39 is 24.2 Å². The molecule has 4 N–H and O–H groups in total. The molecular weight excluding hydrogens is 606 g/mol. The van der Waals surface area contributed by atoms with E-state index in [2.05, 4.69) is 31.3 Å². The first-order valence-corrected chi connectivity index (χ1v) is 21.7. The monoisotopic (exact) mass is 692 g/mol. The van der Waals surface area contributed by atoms with Crippen LogP contribution in [0.5, 0.6) is 0 Å². The zero-order valence-corrected chi connectivity index (χ0v) is 32.8. The highest BCUT2D eigenvalue weighted by Gasteiger charge is 2.22. The molecule has 0 aromatic rings. The third-order valence-electron chi connectivity index (χ3n) is 10.0. The van der Waals surface area contributed by atoms with Crippen molar-refractivity contribution in [3.63, 3.8) is 0 Å².